The van der Waals surface area contributed by atoms with Gasteiger partial charge in [0.1, 0.15) is 5.69 Å². The SMILES string of the molecule is Cc1cccc(C(=O)N2CC3CCC(C2)N(Cc2cscn2)C3=O)n1. The zero-order valence-electron chi connectivity index (χ0n) is 14.1. The molecule has 2 aromatic rings. The minimum Gasteiger partial charge on any atom is -0.334 e. The Hall–Kier alpha value is -2.28. The minimum atomic E-state index is -0.119. The van der Waals surface area contributed by atoms with Crippen molar-refractivity contribution in [3.8, 4) is 0 Å². The van der Waals surface area contributed by atoms with Crippen molar-refractivity contribution in [3.63, 3.8) is 0 Å². The summed E-state index contributed by atoms with van der Waals surface area (Å²) in [7, 11) is 0. The minimum absolute atomic E-state index is 0.0571. The third-order valence-corrected chi connectivity index (χ3v) is 5.64. The lowest BCUT2D eigenvalue weighted by atomic mass is 9.94. The maximum Gasteiger partial charge on any atom is 0.272 e. The molecule has 0 radical (unpaired) electrons. The predicted octanol–water partition coefficient (Wildman–Crippen LogP) is 2.11. The van der Waals surface area contributed by atoms with Crippen LogP contribution in [0.4, 0.5) is 0 Å². The highest BCUT2D eigenvalue weighted by Gasteiger charge is 2.42. The summed E-state index contributed by atoms with van der Waals surface area (Å²) in [6, 6.07) is 5.53. The molecule has 0 N–H and O–H groups in total. The molecule has 7 heteroatoms. The Morgan fingerprint density at radius 2 is 2.20 bits per heavy atom. The highest BCUT2D eigenvalue weighted by Crippen LogP contribution is 2.31. The van der Waals surface area contributed by atoms with E-state index in [1.807, 2.05) is 34.2 Å². The van der Waals surface area contributed by atoms with Crippen molar-refractivity contribution < 1.29 is 9.59 Å². The van der Waals surface area contributed by atoms with E-state index in [0.717, 1.165) is 24.2 Å². The van der Waals surface area contributed by atoms with Crippen LogP contribution in [0.2, 0.25) is 0 Å². The molecule has 3 fully saturated rings. The zero-order chi connectivity index (χ0) is 17.4. The molecule has 2 atom stereocenters. The molecule has 0 saturated carbocycles. The summed E-state index contributed by atoms with van der Waals surface area (Å²) < 4.78 is 0. The Labute approximate surface area is 150 Å². The second kappa shape index (κ2) is 6.55. The third-order valence-electron chi connectivity index (χ3n) is 5.00. The van der Waals surface area contributed by atoms with Gasteiger partial charge in [0.2, 0.25) is 5.91 Å². The largest absolute Gasteiger partial charge is 0.334 e. The highest BCUT2D eigenvalue weighted by atomic mass is 32.1. The molecule has 0 aromatic carbocycles. The van der Waals surface area contributed by atoms with Gasteiger partial charge in [-0.15, -0.1) is 11.3 Å². The monoisotopic (exact) mass is 356 g/mol. The van der Waals surface area contributed by atoms with Gasteiger partial charge in [-0.3, -0.25) is 9.59 Å². The summed E-state index contributed by atoms with van der Waals surface area (Å²) in [6.45, 7) is 3.47. The van der Waals surface area contributed by atoms with E-state index in [-0.39, 0.29) is 23.8 Å². The topological polar surface area (TPSA) is 66.4 Å². The van der Waals surface area contributed by atoms with Crippen LogP contribution in [0.3, 0.4) is 0 Å². The second-order valence-corrected chi connectivity index (χ2v) is 7.47. The first-order chi connectivity index (χ1) is 12.1. The highest BCUT2D eigenvalue weighted by molar-refractivity contribution is 7.07. The Bertz CT molecular complexity index is 792. The molecule has 2 aromatic heterocycles. The van der Waals surface area contributed by atoms with Gasteiger partial charge in [-0.25, -0.2) is 9.97 Å². The number of pyridine rings is 1. The summed E-state index contributed by atoms with van der Waals surface area (Å²) >= 11 is 1.54. The van der Waals surface area contributed by atoms with E-state index >= 15 is 0 Å². The number of nitrogens with zero attached hydrogens (tertiary/aromatic N) is 4. The van der Waals surface area contributed by atoms with Gasteiger partial charge >= 0.3 is 0 Å². The fraction of sp³-hybridized carbons (Fsp3) is 0.444. The molecule has 3 saturated heterocycles. The molecule has 2 amide bonds. The molecule has 5 rings (SSSR count). The van der Waals surface area contributed by atoms with E-state index in [9.17, 15) is 9.59 Å². The average Bonchev–Trinajstić information content (AvgIpc) is 2.97. The Balaban J connectivity index is 1.56. The molecule has 0 aliphatic carbocycles. The molecule has 3 aliphatic heterocycles. The van der Waals surface area contributed by atoms with Crippen LogP contribution in [0.1, 0.15) is 34.7 Å². The molecular weight excluding hydrogens is 336 g/mol. The van der Waals surface area contributed by atoms with Crippen LogP contribution in [0.25, 0.3) is 0 Å². The van der Waals surface area contributed by atoms with Gasteiger partial charge in [0.25, 0.3) is 5.91 Å². The number of aryl methyl sites for hydroxylation is 1. The van der Waals surface area contributed by atoms with Crippen molar-refractivity contribution in [2.45, 2.75) is 32.4 Å². The second-order valence-electron chi connectivity index (χ2n) is 6.75. The van der Waals surface area contributed by atoms with Gasteiger partial charge in [0, 0.05) is 30.2 Å². The van der Waals surface area contributed by atoms with E-state index in [1.165, 1.54) is 11.3 Å². The first-order valence-corrected chi connectivity index (χ1v) is 9.46. The molecule has 25 heavy (non-hydrogen) atoms. The third kappa shape index (κ3) is 3.16. The molecule has 6 nitrogen and oxygen atoms in total. The lowest BCUT2D eigenvalue weighted by molar-refractivity contribution is -0.140. The smallest absolute Gasteiger partial charge is 0.272 e. The van der Waals surface area contributed by atoms with Crippen molar-refractivity contribution >= 4 is 23.2 Å². The average molecular weight is 356 g/mol. The number of aromatic nitrogens is 2. The number of amides is 2. The number of carbonyl (C=O) groups excluding carboxylic acids is 2. The summed E-state index contributed by atoms with van der Waals surface area (Å²) in [5, 5.41) is 1.98. The van der Waals surface area contributed by atoms with Crippen LogP contribution in [0.5, 0.6) is 0 Å². The van der Waals surface area contributed by atoms with Crippen LogP contribution in [0.15, 0.2) is 29.1 Å². The molecule has 5 heterocycles. The van der Waals surface area contributed by atoms with Crippen molar-refractivity contribution in [3.05, 3.63) is 46.2 Å². The number of carbonyl (C=O) groups is 2. The number of thiazole rings is 1. The number of hydrogen-bond acceptors (Lipinski definition) is 5. The summed E-state index contributed by atoms with van der Waals surface area (Å²) in [5.41, 5.74) is 3.99. The fourth-order valence-electron chi connectivity index (χ4n) is 3.73. The zero-order valence-corrected chi connectivity index (χ0v) is 14.9. The van der Waals surface area contributed by atoms with Gasteiger partial charge in [-0.05, 0) is 31.9 Å². The standard InChI is InChI=1S/C18H20N4O2S/c1-12-3-2-4-16(20-12)18(24)21-7-13-5-6-15(9-21)22(17(13)23)8-14-10-25-11-19-14/h2-4,10-11,13,15H,5-9H2,1H3. The van der Waals surface area contributed by atoms with Crippen LogP contribution in [-0.4, -0.2) is 50.7 Å². The first kappa shape index (κ1) is 16.2. The Kier molecular flexibility index (Phi) is 4.25. The number of rotatable bonds is 3. The molecule has 3 aliphatic rings. The molecule has 0 spiro atoms. The molecular formula is C18H20N4O2S. The van der Waals surface area contributed by atoms with Gasteiger partial charge in [0.15, 0.2) is 0 Å². The van der Waals surface area contributed by atoms with Crippen LogP contribution in [-0.2, 0) is 11.3 Å². The van der Waals surface area contributed by atoms with E-state index in [4.69, 9.17) is 0 Å². The Morgan fingerprint density at radius 3 is 2.96 bits per heavy atom. The quantitative estimate of drug-likeness (QED) is 0.845. The van der Waals surface area contributed by atoms with E-state index in [0.29, 0.717) is 25.3 Å². The molecule has 2 bridgehead atoms. The van der Waals surface area contributed by atoms with Gasteiger partial charge < -0.3 is 9.80 Å². The van der Waals surface area contributed by atoms with Crippen LogP contribution in [0, 0.1) is 12.8 Å². The lowest BCUT2D eigenvalue weighted by Gasteiger charge is -2.35. The van der Waals surface area contributed by atoms with Crippen molar-refractivity contribution in [1.29, 1.82) is 0 Å². The maximum atomic E-state index is 12.9. The van der Waals surface area contributed by atoms with Crippen molar-refractivity contribution in [1.82, 2.24) is 19.8 Å². The normalized spacial score (nSPS) is 23.0. The lowest BCUT2D eigenvalue weighted by Crippen LogP contribution is -2.47. The van der Waals surface area contributed by atoms with E-state index < -0.39 is 0 Å². The van der Waals surface area contributed by atoms with Crippen LogP contribution < -0.4 is 0 Å². The summed E-state index contributed by atoms with van der Waals surface area (Å²) in [4.78, 5) is 38.1. The maximum absolute atomic E-state index is 12.9. The number of piperidine rings is 1. The molecule has 2 unspecified atom stereocenters. The van der Waals surface area contributed by atoms with Crippen molar-refractivity contribution in [2.24, 2.45) is 5.92 Å². The number of hydrogen-bond donors (Lipinski definition) is 0. The first-order valence-electron chi connectivity index (χ1n) is 8.52. The summed E-state index contributed by atoms with van der Waals surface area (Å²) in [5.74, 6) is -0.0493. The predicted molar refractivity (Wildman–Crippen MR) is 94.1 cm³/mol. The van der Waals surface area contributed by atoms with Gasteiger partial charge in [0.05, 0.1) is 23.7 Å². The Morgan fingerprint density at radius 1 is 1.32 bits per heavy atom. The number of fused-ring (bicyclic) bond motifs is 4. The fourth-order valence-corrected chi connectivity index (χ4v) is 4.28. The summed E-state index contributed by atoms with van der Waals surface area (Å²) in [6.07, 6.45) is 1.79. The van der Waals surface area contributed by atoms with Crippen LogP contribution >= 0.6 is 11.3 Å². The molecule has 130 valence electrons. The van der Waals surface area contributed by atoms with Gasteiger partial charge in [-0.2, -0.15) is 0 Å². The van der Waals surface area contributed by atoms with Crippen molar-refractivity contribution in [2.75, 3.05) is 13.1 Å². The van der Waals surface area contributed by atoms with E-state index in [2.05, 4.69) is 9.97 Å². The van der Waals surface area contributed by atoms with E-state index in [1.54, 1.807) is 11.6 Å². The van der Waals surface area contributed by atoms with Gasteiger partial charge in [-0.1, -0.05) is 6.07 Å².